The lowest BCUT2D eigenvalue weighted by Crippen LogP contribution is -2.43. The third kappa shape index (κ3) is 4.58. The second kappa shape index (κ2) is 7.46. The molecule has 1 aromatic heterocycles. The number of hydrazine groups is 1. The normalized spacial score (nSPS) is 10.0. The number of carbonyl (C=O) groups is 3. The van der Waals surface area contributed by atoms with Gasteiger partial charge in [0.2, 0.25) is 0 Å². The Kier molecular flexibility index (Phi) is 5.37. The van der Waals surface area contributed by atoms with E-state index in [1.54, 1.807) is 42.1 Å². The van der Waals surface area contributed by atoms with Gasteiger partial charge in [0.15, 0.2) is 6.61 Å². The fraction of sp³-hybridized carbons (Fsp3) is 0.133. The van der Waals surface area contributed by atoms with Crippen LogP contribution in [0.2, 0.25) is 5.02 Å². The van der Waals surface area contributed by atoms with Crippen LogP contribution >= 0.6 is 11.6 Å². The summed E-state index contributed by atoms with van der Waals surface area (Å²) in [6.07, 6.45) is 1.68. The smallest absolute Gasteiger partial charge is 0.355 e. The number of rotatable bonds is 4. The molecule has 0 atom stereocenters. The van der Waals surface area contributed by atoms with Crippen LogP contribution in [0.15, 0.2) is 42.6 Å². The fourth-order valence-electron chi connectivity index (χ4n) is 1.71. The van der Waals surface area contributed by atoms with Gasteiger partial charge in [0.25, 0.3) is 11.8 Å². The van der Waals surface area contributed by atoms with Crippen LogP contribution in [-0.2, 0) is 16.6 Å². The van der Waals surface area contributed by atoms with Crippen molar-refractivity contribution in [1.82, 2.24) is 15.4 Å². The zero-order chi connectivity index (χ0) is 16.8. The van der Waals surface area contributed by atoms with Crippen molar-refractivity contribution in [2.24, 2.45) is 7.05 Å². The van der Waals surface area contributed by atoms with E-state index in [1.165, 1.54) is 12.1 Å². The Labute approximate surface area is 137 Å². The molecular formula is C15H14ClN3O4. The average molecular weight is 336 g/mol. The first kappa shape index (κ1) is 16.6. The molecule has 0 radical (unpaired) electrons. The highest BCUT2D eigenvalue weighted by Crippen LogP contribution is 2.09. The van der Waals surface area contributed by atoms with Crippen LogP contribution in [-0.4, -0.2) is 29.0 Å². The molecule has 2 amide bonds. The van der Waals surface area contributed by atoms with E-state index in [4.69, 9.17) is 16.3 Å². The molecule has 0 aliphatic rings. The molecule has 0 spiro atoms. The van der Waals surface area contributed by atoms with Crippen LogP contribution in [0, 0.1) is 0 Å². The van der Waals surface area contributed by atoms with E-state index in [0.29, 0.717) is 16.3 Å². The third-order valence-electron chi connectivity index (χ3n) is 2.91. The molecule has 0 aliphatic carbocycles. The number of halogens is 1. The third-order valence-corrected chi connectivity index (χ3v) is 3.16. The number of carbonyl (C=O) groups excluding carboxylic acids is 3. The summed E-state index contributed by atoms with van der Waals surface area (Å²) in [5.41, 5.74) is 5.02. The van der Waals surface area contributed by atoms with E-state index in [0.717, 1.165) is 0 Å². The standard InChI is InChI=1S/C15H14ClN3O4/c1-19-8-2-3-12(19)15(22)23-9-13(20)17-18-14(21)10-4-6-11(16)7-5-10/h2-8H,9H2,1H3,(H,17,20)(H,18,21). The Balaban J connectivity index is 1.77. The van der Waals surface area contributed by atoms with Crippen molar-refractivity contribution in [3.63, 3.8) is 0 Å². The SMILES string of the molecule is Cn1cccc1C(=O)OCC(=O)NNC(=O)c1ccc(Cl)cc1. The first-order chi connectivity index (χ1) is 11.0. The van der Waals surface area contributed by atoms with Crippen molar-refractivity contribution >= 4 is 29.4 Å². The Bertz CT molecular complexity index is 725. The van der Waals surface area contributed by atoms with E-state index < -0.39 is 24.4 Å². The second-order valence-corrected chi connectivity index (χ2v) is 5.03. The van der Waals surface area contributed by atoms with Gasteiger partial charge in [0.1, 0.15) is 5.69 Å². The maximum Gasteiger partial charge on any atom is 0.355 e. The molecule has 0 saturated carbocycles. The zero-order valence-electron chi connectivity index (χ0n) is 12.2. The van der Waals surface area contributed by atoms with Crippen LogP contribution in [0.4, 0.5) is 0 Å². The minimum atomic E-state index is -0.658. The van der Waals surface area contributed by atoms with Crippen molar-refractivity contribution < 1.29 is 19.1 Å². The summed E-state index contributed by atoms with van der Waals surface area (Å²) in [4.78, 5) is 35.0. The largest absolute Gasteiger partial charge is 0.451 e. The van der Waals surface area contributed by atoms with E-state index in [-0.39, 0.29) is 0 Å². The minimum absolute atomic E-state index is 0.322. The van der Waals surface area contributed by atoms with Crippen LogP contribution in [0.1, 0.15) is 20.8 Å². The van der Waals surface area contributed by atoms with Gasteiger partial charge in [0.05, 0.1) is 0 Å². The van der Waals surface area contributed by atoms with Gasteiger partial charge >= 0.3 is 5.97 Å². The molecule has 2 aromatic rings. The summed E-state index contributed by atoms with van der Waals surface area (Å²) < 4.78 is 6.41. The molecule has 1 heterocycles. The first-order valence-corrected chi connectivity index (χ1v) is 6.98. The van der Waals surface area contributed by atoms with Gasteiger partial charge in [-0.15, -0.1) is 0 Å². The highest BCUT2D eigenvalue weighted by molar-refractivity contribution is 6.30. The zero-order valence-corrected chi connectivity index (χ0v) is 13.0. The number of ether oxygens (including phenoxy) is 1. The lowest BCUT2D eigenvalue weighted by atomic mass is 10.2. The van der Waals surface area contributed by atoms with Crippen LogP contribution < -0.4 is 10.9 Å². The Morgan fingerprint density at radius 1 is 1.13 bits per heavy atom. The summed E-state index contributed by atoms with van der Waals surface area (Å²) in [5.74, 6) is -1.80. The maximum absolute atomic E-state index is 11.7. The minimum Gasteiger partial charge on any atom is -0.451 e. The second-order valence-electron chi connectivity index (χ2n) is 4.59. The van der Waals surface area contributed by atoms with E-state index >= 15 is 0 Å². The number of amides is 2. The van der Waals surface area contributed by atoms with Crippen molar-refractivity contribution in [3.05, 3.63) is 58.9 Å². The number of nitrogens with zero attached hydrogens (tertiary/aromatic N) is 1. The van der Waals surface area contributed by atoms with Crippen molar-refractivity contribution in [2.45, 2.75) is 0 Å². The predicted octanol–water partition coefficient (Wildman–Crippen LogP) is 1.30. The number of hydrogen-bond acceptors (Lipinski definition) is 4. The number of nitrogens with one attached hydrogen (secondary N) is 2. The number of hydrogen-bond donors (Lipinski definition) is 2. The number of esters is 1. The number of benzene rings is 1. The molecule has 0 aliphatic heterocycles. The van der Waals surface area contributed by atoms with Gasteiger partial charge in [-0.1, -0.05) is 11.6 Å². The van der Waals surface area contributed by atoms with Gasteiger partial charge in [-0.3, -0.25) is 20.4 Å². The quantitative estimate of drug-likeness (QED) is 0.651. The van der Waals surface area contributed by atoms with Crippen molar-refractivity contribution in [3.8, 4) is 0 Å². The fourth-order valence-corrected chi connectivity index (χ4v) is 1.84. The molecule has 7 nitrogen and oxygen atoms in total. The first-order valence-electron chi connectivity index (χ1n) is 6.60. The number of aryl methyl sites for hydroxylation is 1. The summed E-state index contributed by atoms with van der Waals surface area (Å²) in [6.45, 7) is -0.509. The molecule has 120 valence electrons. The summed E-state index contributed by atoms with van der Waals surface area (Å²) >= 11 is 5.72. The Morgan fingerprint density at radius 3 is 2.43 bits per heavy atom. The summed E-state index contributed by atoms with van der Waals surface area (Å²) in [7, 11) is 1.68. The molecule has 0 bridgehead atoms. The Morgan fingerprint density at radius 2 is 1.83 bits per heavy atom. The monoisotopic (exact) mass is 335 g/mol. The molecule has 2 N–H and O–H groups in total. The van der Waals surface area contributed by atoms with Gasteiger partial charge in [-0.25, -0.2) is 4.79 Å². The average Bonchev–Trinajstić information content (AvgIpc) is 2.97. The lowest BCUT2D eigenvalue weighted by molar-refractivity contribution is -0.125. The molecule has 0 saturated heterocycles. The highest BCUT2D eigenvalue weighted by Gasteiger charge is 2.13. The van der Waals surface area contributed by atoms with Gasteiger partial charge < -0.3 is 9.30 Å². The molecule has 8 heteroatoms. The van der Waals surface area contributed by atoms with E-state index in [2.05, 4.69) is 10.9 Å². The molecular weight excluding hydrogens is 322 g/mol. The topological polar surface area (TPSA) is 89.4 Å². The maximum atomic E-state index is 11.7. The van der Waals surface area contributed by atoms with Gasteiger partial charge in [-0.05, 0) is 36.4 Å². The van der Waals surface area contributed by atoms with Gasteiger partial charge in [-0.2, -0.15) is 0 Å². The Hall–Kier alpha value is -2.80. The van der Waals surface area contributed by atoms with Crippen LogP contribution in [0.3, 0.4) is 0 Å². The molecule has 0 fully saturated rings. The van der Waals surface area contributed by atoms with Gasteiger partial charge in [0, 0.05) is 23.8 Å². The van der Waals surface area contributed by atoms with Crippen molar-refractivity contribution in [1.29, 1.82) is 0 Å². The summed E-state index contributed by atoms with van der Waals surface area (Å²) in [6, 6.07) is 9.39. The molecule has 1 aromatic carbocycles. The van der Waals surface area contributed by atoms with E-state index in [1.807, 2.05) is 0 Å². The van der Waals surface area contributed by atoms with Crippen molar-refractivity contribution in [2.75, 3.05) is 6.61 Å². The number of aromatic nitrogens is 1. The summed E-state index contributed by atoms with van der Waals surface area (Å²) in [5, 5.41) is 0.498. The predicted molar refractivity (Wildman–Crippen MR) is 82.8 cm³/mol. The molecule has 23 heavy (non-hydrogen) atoms. The molecule has 2 rings (SSSR count). The molecule has 0 unspecified atom stereocenters. The lowest BCUT2D eigenvalue weighted by Gasteiger charge is -2.08. The van der Waals surface area contributed by atoms with Crippen LogP contribution in [0.5, 0.6) is 0 Å². The highest BCUT2D eigenvalue weighted by atomic mass is 35.5. The van der Waals surface area contributed by atoms with E-state index in [9.17, 15) is 14.4 Å². The van der Waals surface area contributed by atoms with Crippen LogP contribution in [0.25, 0.3) is 0 Å².